The fourth-order valence-corrected chi connectivity index (χ4v) is 3.69. The van der Waals surface area contributed by atoms with Gasteiger partial charge in [0.15, 0.2) is 0 Å². The van der Waals surface area contributed by atoms with Crippen LogP contribution in [-0.4, -0.2) is 37.7 Å². The van der Waals surface area contributed by atoms with Crippen molar-refractivity contribution in [2.75, 3.05) is 24.7 Å². The molecule has 0 saturated heterocycles. The minimum atomic E-state index is -0.838. The number of ether oxygens (including phenoxy) is 4. The number of rotatable bonds is 10. The molecule has 0 fully saturated rings. The molecular formula is C28H29NO7. The Bertz CT molecular complexity index is 1130. The number of hydrogen-bond acceptors (Lipinski definition) is 8. The Morgan fingerprint density at radius 3 is 1.92 bits per heavy atom. The molecule has 0 unspecified atom stereocenters. The smallest absolute Gasteiger partial charge is 0.336 e. The number of hydrogen-bond donors (Lipinski definition) is 0. The second kappa shape index (κ2) is 12.9. The Balaban J connectivity index is 2.12. The van der Waals surface area contributed by atoms with Crippen LogP contribution < -0.4 is 9.64 Å². The van der Waals surface area contributed by atoms with Crippen molar-refractivity contribution in [2.24, 2.45) is 0 Å². The number of benzene rings is 2. The zero-order valence-corrected chi connectivity index (χ0v) is 20.5. The van der Waals surface area contributed by atoms with Crippen molar-refractivity contribution < 1.29 is 33.3 Å². The quantitative estimate of drug-likeness (QED) is 0.205. The average molecular weight is 492 g/mol. The van der Waals surface area contributed by atoms with Gasteiger partial charge in [-0.25, -0.2) is 14.4 Å². The first-order chi connectivity index (χ1) is 17.5. The van der Waals surface area contributed by atoms with Gasteiger partial charge in [0.05, 0.1) is 49.2 Å². The Morgan fingerprint density at radius 2 is 1.33 bits per heavy atom. The molecule has 0 aliphatic carbocycles. The van der Waals surface area contributed by atoms with Crippen molar-refractivity contribution >= 4 is 23.6 Å². The molecule has 0 atom stereocenters. The van der Waals surface area contributed by atoms with E-state index >= 15 is 0 Å². The third-order valence-electron chi connectivity index (χ3n) is 5.17. The molecule has 0 radical (unpaired) electrons. The van der Waals surface area contributed by atoms with Gasteiger partial charge in [0, 0.05) is 23.7 Å². The molecule has 2 aromatic rings. The zero-order chi connectivity index (χ0) is 25.9. The highest BCUT2D eigenvalue weighted by Gasteiger charge is 2.37. The van der Waals surface area contributed by atoms with Gasteiger partial charge in [0.1, 0.15) is 5.75 Å². The van der Waals surface area contributed by atoms with E-state index in [2.05, 4.69) is 0 Å². The summed E-state index contributed by atoms with van der Waals surface area (Å²) in [4.78, 5) is 39.7. The molecular weight excluding hydrogens is 462 g/mol. The van der Waals surface area contributed by atoms with Crippen LogP contribution in [0.2, 0.25) is 0 Å². The molecule has 8 nitrogen and oxygen atoms in total. The fourth-order valence-electron chi connectivity index (χ4n) is 3.69. The predicted molar refractivity (Wildman–Crippen MR) is 134 cm³/mol. The van der Waals surface area contributed by atoms with E-state index in [-0.39, 0.29) is 31.0 Å². The van der Waals surface area contributed by atoms with Gasteiger partial charge >= 0.3 is 17.9 Å². The van der Waals surface area contributed by atoms with Gasteiger partial charge < -0.3 is 23.8 Å². The molecule has 0 amide bonds. The molecule has 0 saturated carbocycles. The van der Waals surface area contributed by atoms with Crippen LogP contribution in [0.5, 0.6) is 5.75 Å². The minimum Gasteiger partial charge on any atom is -0.464 e. The summed E-state index contributed by atoms with van der Waals surface area (Å²) in [6.07, 6.45) is 5.65. The molecule has 1 heterocycles. The van der Waals surface area contributed by atoms with E-state index in [1.54, 1.807) is 62.3 Å². The summed E-state index contributed by atoms with van der Waals surface area (Å²) < 4.78 is 21.3. The molecule has 0 bridgehead atoms. The summed E-state index contributed by atoms with van der Waals surface area (Å²) in [6, 6.07) is 16.2. The highest BCUT2D eigenvalue weighted by Crippen LogP contribution is 2.42. The maximum absolute atomic E-state index is 13.2. The molecule has 0 aromatic heterocycles. The molecule has 3 rings (SSSR count). The third kappa shape index (κ3) is 6.41. The lowest BCUT2D eigenvalue weighted by Crippen LogP contribution is -2.29. The van der Waals surface area contributed by atoms with E-state index in [0.29, 0.717) is 11.3 Å². The normalized spacial score (nSPS) is 13.6. The zero-order valence-electron chi connectivity index (χ0n) is 20.5. The number of anilines is 1. The van der Waals surface area contributed by atoms with Crippen molar-refractivity contribution in [1.29, 1.82) is 0 Å². The van der Waals surface area contributed by atoms with E-state index in [4.69, 9.17) is 18.9 Å². The van der Waals surface area contributed by atoms with Crippen LogP contribution >= 0.6 is 0 Å². The van der Waals surface area contributed by atoms with Gasteiger partial charge in [0.2, 0.25) is 0 Å². The Hall–Kier alpha value is -4.33. The van der Waals surface area contributed by atoms with Crippen molar-refractivity contribution in [3.05, 3.63) is 96.0 Å². The van der Waals surface area contributed by atoms with Crippen LogP contribution in [0.1, 0.15) is 32.3 Å². The lowest BCUT2D eigenvalue weighted by molar-refractivity contribution is -0.140. The van der Waals surface area contributed by atoms with Gasteiger partial charge in [-0.05, 0) is 39.0 Å². The number of nitrogens with zero attached hydrogens (tertiary/aromatic N) is 1. The van der Waals surface area contributed by atoms with Gasteiger partial charge in [0.25, 0.3) is 0 Å². The first-order valence-corrected chi connectivity index (χ1v) is 11.7. The molecule has 2 aromatic carbocycles. The monoisotopic (exact) mass is 491 g/mol. The van der Waals surface area contributed by atoms with Crippen LogP contribution in [0.15, 0.2) is 90.5 Å². The van der Waals surface area contributed by atoms with Gasteiger partial charge in [-0.3, -0.25) is 0 Å². The van der Waals surface area contributed by atoms with E-state index < -0.39 is 23.8 Å². The summed E-state index contributed by atoms with van der Waals surface area (Å²) in [5, 5.41) is 0. The van der Waals surface area contributed by atoms with E-state index in [1.165, 1.54) is 6.26 Å². The minimum absolute atomic E-state index is 0.160. The lowest BCUT2D eigenvalue weighted by Gasteiger charge is -2.31. The van der Waals surface area contributed by atoms with Crippen molar-refractivity contribution in [1.82, 2.24) is 0 Å². The predicted octanol–water partition coefficient (Wildman–Crippen LogP) is 4.64. The van der Waals surface area contributed by atoms with Gasteiger partial charge in [-0.2, -0.15) is 0 Å². The number of para-hydroxylation sites is 2. The first-order valence-electron chi connectivity index (χ1n) is 11.7. The summed E-state index contributed by atoms with van der Waals surface area (Å²) in [5.74, 6) is -2.19. The highest BCUT2D eigenvalue weighted by molar-refractivity contribution is 6.00. The highest BCUT2D eigenvalue weighted by atomic mass is 16.5. The van der Waals surface area contributed by atoms with Crippen molar-refractivity contribution in [3.8, 4) is 5.75 Å². The van der Waals surface area contributed by atoms with Crippen LogP contribution in [0, 0.1) is 0 Å². The van der Waals surface area contributed by atoms with Crippen LogP contribution in [0.25, 0.3) is 0 Å². The maximum atomic E-state index is 13.2. The van der Waals surface area contributed by atoms with Crippen LogP contribution in [0.3, 0.4) is 0 Å². The second-order valence-corrected chi connectivity index (χ2v) is 7.50. The number of esters is 3. The summed E-state index contributed by atoms with van der Waals surface area (Å²) in [7, 11) is 0. The van der Waals surface area contributed by atoms with Crippen LogP contribution in [-0.2, 0) is 28.6 Å². The molecule has 0 spiro atoms. The topological polar surface area (TPSA) is 91.4 Å². The fraction of sp³-hybridized carbons (Fsp3) is 0.250. The SMILES string of the molecule is CCOC(=O)/C=C/Oc1ccccc1C1C(C(=O)OCC)=CN(c2ccccc2)C=C1C(=O)OCC. The maximum Gasteiger partial charge on any atom is 0.336 e. The molecule has 0 N–H and O–H groups in total. The molecule has 8 heteroatoms. The Kier molecular flexibility index (Phi) is 9.45. The number of carbonyl (C=O) groups excluding carboxylic acids is 3. The standard InChI is InChI=1S/C28H29NO7/c1-4-33-25(30)16-17-36-24-15-11-10-14-21(24)26-22(27(31)34-5-2)18-29(20-12-8-7-9-13-20)19-23(26)28(32)35-6-3/h7-19,26H,4-6H2,1-3H3/b17-16+. The summed E-state index contributed by atoms with van der Waals surface area (Å²) >= 11 is 0. The molecule has 1 aliphatic rings. The van der Waals surface area contributed by atoms with E-state index in [0.717, 1.165) is 11.8 Å². The summed E-state index contributed by atoms with van der Waals surface area (Å²) in [6.45, 7) is 5.69. The number of carbonyl (C=O) groups is 3. The molecule has 1 aliphatic heterocycles. The molecule has 188 valence electrons. The summed E-state index contributed by atoms with van der Waals surface area (Å²) in [5.41, 5.74) is 1.74. The van der Waals surface area contributed by atoms with Crippen molar-refractivity contribution in [3.63, 3.8) is 0 Å². The van der Waals surface area contributed by atoms with Gasteiger partial charge in [-0.15, -0.1) is 0 Å². The Morgan fingerprint density at radius 1 is 0.778 bits per heavy atom. The average Bonchev–Trinajstić information content (AvgIpc) is 2.89. The lowest BCUT2D eigenvalue weighted by atomic mass is 9.82. The van der Waals surface area contributed by atoms with Crippen molar-refractivity contribution in [2.45, 2.75) is 26.7 Å². The van der Waals surface area contributed by atoms with Crippen LogP contribution in [0.4, 0.5) is 5.69 Å². The van der Waals surface area contributed by atoms with Gasteiger partial charge in [-0.1, -0.05) is 36.4 Å². The largest absolute Gasteiger partial charge is 0.464 e. The molecule has 36 heavy (non-hydrogen) atoms. The Labute approximate surface area is 210 Å². The van der Waals surface area contributed by atoms with E-state index in [1.807, 2.05) is 30.3 Å². The first kappa shape index (κ1) is 26.3. The van der Waals surface area contributed by atoms with E-state index in [9.17, 15) is 14.4 Å². The second-order valence-electron chi connectivity index (χ2n) is 7.50. The third-order valence-corrected chi connectivity index (χ3v) is 5.17.